The van der Waals surface area contributed by atoms with Crippen molar-refractivity contribution in [1.29, 1.82) is 5.26 Å². The summed E-state index contributed by atoms with van der Waals surface area (Å²) in [5, 5.41) is 20.2. The van der Waals surface area contributed by atoms with Crippen molar-refractivity contribution < 1.29 is 14.0 Å². The highest BCUT2D eigenvalue weighted by Gasteiger charge is 2.49. The summed E-state index contributed by atoms with van der Waals surface area (Å²) in [6, 6.07) is 10.2. The molecule has 2 saturated heterocycles. The third-order valence-corrected chi connectivity index (χ3v) is 11.4. The number of anilines is 1. The number of likely N-dealkylation sites (tertiary alicyclic amines) is 1. The molecule has 2 aliphatic heterocycles. The van der Waals surface area contributed by atoms with Gasteiger partial charge in [0.2, 0.25) is 5.88 Å². The van der Waals surface area contributed by atoms with Gasteiger partial charge in [-0.05, 0) is 95.1 Å². The number of likely N-dealkylation sites (N-methyl/N-ethyl adjacent to an activating group) is 1. The summed E-state index contributed by atoms with van der Waals surface area (Å²) in [7, 11) is 2.12. The first kappa shape index (κ1) is 31.0. The molecule has 2 N–H and O–H groups in total. The molecule has 1 aromatic carbocycles. The Kier molecular flexibility index (Phi) is 7.29. The molecule has 4 aromatic heterocycles. The summed E-state index contributed by atoms with van der Waals surface area (Å²) in [4.78, 5) is 25.8. The zero-order chi connectivity index (χ0) is 34.1. The monoisotopic (exact) mass is 673 g/mol. The van der Waals surface area contributed by atoms with E-state index in [1.807, 2.05) is 30.6 Å². The second-order valence-electron chi connectivity index (χ2n) is 14.3. The largest absolute Gasteiger partial charge is 0.473 e. The molecule has 6 heterocycles. The van der Waals surface area contributed by atoms with E-state index in [2.05, 4.69) is 30.1 Å². The van der Waals surface area contributed by atoms with Crippen LogP contribution in [0.5, 0.6) is 5.88 Å². The second-order valence-corrected chi connectivity index (χ2v) is 14.3. The molecule has 5 aromatic rings. The van der Waals surface area contributed by atoms with Crippen LogP contribution in [0.15, 0.2) is 46.0 Å². The first-order valence-corrected chi connectivity index (χ1v) is 17.6. The van der Waals surface area contributed by atoms with E-state index < -0.39 is 5.41 Å². The minimum Gasteiger partial charge on any atom is -0.473 e. The van der Waals surface area contributed by atoms with Crippen LogP contribution in [-0.4, -0.2) is 73.3 Å². The van der Waals surface area contributed by atoms with Crippen molar-refractivity contribution >= 4 is 16.6 Å². The molecule has 0 unspecified atom stereocenters. The number of hydrogen-bond acceptors (Lipinski definition) is 11. The number of aryl methyl sites for hydroxylation is 1. The Morgan fingerprint density at radius 1 is 1.16 bits per heavy atom. The lowest BCUT2D eigenvalue weighted by Gasteiger charge is -2.33. The van der Waals surface area contributed by atoms with Gasteiger partial charge in [0.1, 0.15) is 12.2 Å². The molecule has 256 valence electrons. The summed E-state index contributed by atoms with van der Waals surface area (Å²) in [5.41, 5.74) is 10.6. The number of fused-ring (bicyclic) bond motifs is 5. The number of benzene rings is 1. The van der Waals surface area contributed by atoms with E-state index in [1.54, 1.807) is 15.3 Å². The van der Waals surface area contributed by atoms with Gasteiger partial charge in [-0.3, -0.25) is 9.69 Å². The molecule has 9 rings (SSSR count). The van der Waals surface area contributed by atoms with Crippen molar-refractivity contribution in [3.8, 4) is 29.3 Å². The molecule has 1 spiro atoms. The number of nitrogens with two attached hydrogens (primary N) is 1. The van der Waals surface area contributed by atoms with Gasteiger partial charge >= 0.3 is 0 Å². The van der Waals surface area contributed by atoms with Crippen LogP contribution < -0.4 is 16.0 Å². The maximum atomic E-state index is 13.6. The number of rotatable bonds is 6. The molecular weight excluding hydrogens is 634 g/mol. The molecule has 2 aliphatic carbocycles. The first-order chi connectivity index (χ1) is 24.3. The van der Waals surface area contributed by atoms with Gasteiger partial charge in [0.15, 0.2) is 28.6 Å². The molecule has 0 saturated carbocycles. The van der Waals surface area contributed by atoms with Crippen LogP contribution in [0.1, 0.15) is 79.5 Å². The Balaban J connectivity index is 1.16. The van der Waals surface area contributed by atoms with Crippen LogP contribution in [0.4, 0.5) is 5.69 Å². The lowest BCUT2D eigenvalue weighted by Crippen LogP contribution is -2.38. The fourth-order valence-electron chi connectivity index (χ4n) is 8.93. The number of aromatic nitrogens is 6. The van der Waals surface area contributed by atoms with Crippen LogP contribution in [-0.2, 0) is 23.0 Å². The SMILES string of the molecule is C[C@H](Oc1cc(-n2cc3ccn([C@H]4CCOC4)c(=O)c3n2)nc(-c2noc3c2CCC[C@@]32CCc3ccc(N)c(C#N)c32)n1)[C@@H]1CCCN1C. The predicted octanol–water partition coefficient (Wildman–Crippen LogP) is 4.48. The van der Waals surface area contributed by atoms with Crippen molar-refractivity contribution in [2.75, 3.05) is 32.5 Å². The van der Waals surface area contributed by atoms with E-state index >= 15 is 0 Å². The molecule has 4 aliphatic rings. The van der Waals surface area contributed by atoms with Gasteiger partial charge in [-0.2, -0.15) is 15.3 Å². The van der Waals surface area contributed by atoms with Gasteiger partial charge in [-0.1, -0.05) is 11.2 Å². The molecule has 13 nitrogen and oxygen atoms in total. The molecule has 4 atom stereocenters. The highest BCUT2D eigenvalue weighted by molar-refractivity contribution is 5.77. The van der Waals surface area contributed by atoms with Crippen molar-refractivity contribution in [2.24, 2.45) is 0 Å². The second kappa shape index (κ2) is 11.8. The molecule has 13 heteroatoms. The number of ether oxygens (including phenoxy) is 2. The third kappa shape index (κ3) is 4.76. The van der Waals surface area contributed by atoms with E-state index in [0.717, 1.165) is 80.4 Å². The number of nitrogens with zero attached hydrogens (tertiary/aromatic N) is 8. The lowest BCUT2D eigenvalue weighted by molar-refractivity contribution is 0.117. The average molecular weight is 674 g/mol. The quantitative estimate of drug-likeness (QED) is 0.253. The number of nitrogen functional groups attached to an aromatic ring is 1. The highest BCUT2D eigenvalue weighted by Crippen LogP contribution is 2.54. The molecule has 0 bridgehead atoms. The molecular formula is C37H39N9O4. The summed E-state index contributed by atoms with van der Waals surface area (Å²) in [5.74, 6) is 1.97. The standard InChI is InChI=1S/C37H39N9O4/c1-21(28-6-4-14-44(28)2)49-30-17-29(46-19-23-10-15-45(24-11-16-48-20-24)36(47)32(23)42-46)40-35(41-30)33-25-5-3-12-37(34(25)50-43-33)13-9-22-7-8-27(39)26(18-38)31(22)37/h7-8,10,15,17,19,21,24,28H,3-6,9,11-14,16,20,39H2,1-2H3/t21-,24-,28-,37-/m0/s1. The third-order valence-electron chi connectivity index (χ3n) is 11.4. The first-order valence-electron chi connectivity index (χ1n) is 17.6. The predicted molar refractivity (Wildman–Crippen MR) is 184 cm³/mol. The summed E-state index contributed by atoms with van der Waals surface area (Å²) in [6.45, 7) is 4.25. The van der Waals surface area contributed by atoms with Gasteiger partial charge < -0.3 is 24.3 Å². The Morgan fingerprint density at radius 3 is 2.86 bits per heavy atom. The van der Waals surface area contributed by atoms with Crippen LogP contribution in [0, 0.1) is 11.3 Å². The van der Waals surface area contributed by atoms with E-state index in [4.69, 9.17) is 34.8 Å². The van der Waals surface area contributed by atoms with E-state index in [0.29, 0.717) is 58.6 Å². The number of hydrogen-bond donors (Lipinski definition) is 1. The van der Waals surface area contributed by atoms with E-state index in [-0.39, 0.29) is 23.7 Å². The van der Waals surface area contributed by atoms with Gasteiger partial charge in [0.25, 0.3) is 5.56 Å². The minimum absolute atomic E-state index is 0.00735. The zero-order valence-corrected chi connectivity index (χ0v) is 28.3. The molecule has 0 radical (unpaired) electrons. The van der Waals surface area contributed by atoms with Crippen LogP contribution >= 0.6 is 0 Å². The Hall–Kier alpha value is -5.06. The normalized spacial score (nSPS) is 23.7. The fraction of sp³-hybridized carbons (Fsp3) is 0.459. The molecule has 0 amide bonds. The van der Waals surface area contributed by atoms with Crippen molar-refractivity contribution in [3.63, 3.8) is 0 Å². The van der Waals surface area contributed by atoms with Gasteiger partial charge in [-0.15, -0.1) is 0 Å². The summed E-state index contributed by atoms with van der Waals surface area (Å²) >= 11 is 0. The van der Waals surface area contributed by atoms with Crippen molar-refractivity contribution in [1.82, 2.24) is 34.4 Å². The Morgan fingerprint density at radius 2 is 2.06 bits per heavy atom. The highest BCUT2D eigenvalue weighted by atomic mass is 16.5. The maximum Gasteiger partial charge on any atom is 0.279 e. The average Bonchev–Trinajstić information content (AvgIpc) is 3.96. The van der Waals surface area contributed by atoms with Crippen LogP contribution in [0.2, 0.25) is 0 Å². The zero-order valence-electron chi connectivity index (χ0n) is 28.3. The van der Waals surface area contributed by atoms with Crippen molar-refractivity contribution in [2.45, 2.75) is 81.9 Å². The van der Waals surface area contributed by atoms with Gasteiger partial charge in [0.05, 0.1) is 23.6 Å². The van der Waals surface area contributed by atoms with E-state index in [1.165, 1.54) is 0 Å². The summed E-state index contributed by atoms with van der Waals surface area (Å²) in [6.07, 6.45) is 10.6. The molecule has 2 fully saturated rings. The number of nitriles is 1. The van der Waals surface area contributed by atoms with Gasteiger partial charge in [-0.25, -0.2) is 9.67 Å². The summed E-state index contributed by atoms with van der Waals surface area (Å²) < 4.78 is 21.7. The molecule has 50 heavy (non-hydrogen) atoms. The Labute approximate surface area is 288 Å². The fourth-order valence-corrected chi connectivity index (χ4v) is 8.93. The van der Waals surface area contributed by atoms with E-state index in [9.17, 15) is 10.1 Å². The smallest absolute Gasteiger partial charge is 0.279 e. The Bertz CT molecular complexity index is 2240. The van der Waals surface area contributed by atoms with Crippen LogP contribution in [0.25, 0.3) is 28.2 Å². The maximum absolute atomic E-state index is 13.6. The van der Waals surface area contributed by atoms with Gasteiger partial charge in [0, 0.05) is 47.7 Å². The van der Waals surface area contributed by atoms with Crippen molar-refractivity contribution in [3.05, 3.63) is 75.0 Å². The number of pyridine rings is 1. The lowest BCUT2D eigenvalue weighted by atomic mass is 9.68. The minimum atomic E-state index is -0.489. The van der Waals surface area contributed by atoms with Crippen LogP contribution in [0.3, 0.4) is 0 Å². The topological polar surface area (TPSA) is 163 Å².